The number of pyridine rings is 2. The van der Waals surface area contributed by atoms with E-state index in [-0.39, 0.29) is 85.4 Å². The van der Waals surface area contributed by atoms with Crippen LogP contribution in [0, 0.1) is 35.5 Å². The van der Waals surface area contributed by atoms with Gasteiger partial charge in [-0.2, -0.15) is 0 Å². The second kappa shape index (κ2) is 19.0. The molecule has 4 aromatic rings. The topological polar surface area (TPSA) is 195 Å². The molecule has 1 N–H and O–H groups in total. The Bertz CT molecular complexity index is 2400. The number of ketones is 1. The maximum atomic E-state index is 13.4. The first-order chi connectivity index (χ1) is 28.4. The number of nitrogens with zero attached hydrogens (tertiary/aromatic N) is 2. The minimum absolute atomic E-state index is 0. The fraction of sp³-hybridized carbons (Fsp3) is 0.500. The molecule has 1 unspecified atom stereocenters. The van der Waals surface area contributed by atoms with E-state index in [4.69, 9.17) is 27.8 Å². The van der Waals surface area contributed by atoms with Crippen LogP contribution in [0.15, 0.2) is 79.6 Å². The third-order valence-electron chi connectivity index (χ3n) is 13.0. The Balaban J connectivity index is 0.000000264. The van der Waals surface area contributed by atoms with E-state index >= 15 is 0 Å². The summed E-state index contributed by atoms with van der Waals surface area (Å²) in [6.45, 7) is 14.7. The van der Waals surface area contributed by atoms with Crippen molar-refractivity contribution in [2.75, 3.05) is 0 Å². The number of aromatic nitrogens is 2. The van der Waals surface area contributed by atoms with Crippen LogP contribution < -0.4 is 50.3 Å². The van der Waals surface area contributed by atoms with Crippen molar-refractivity contribution in [3.8, 4) is 34.1 Å². The zero-order valence-electron chi connectivity index (χ0n) is 37.7. The third kappa shape index (κ3) is 9.23. The molecule has 4 aliphatic rings. The number of fused-ring (bicyclic) bond motifs is 4. The first-order valence-corrected chi connectivity index (χ1v) is 20.5. The van der Waals surface area contributed by atoms with Crippen LogP contribution in [0.2, 0.25) is 0 Å². The van der Waals surface area contributed by atoms with Crippen LogP contribution in [0.5, 0.6) is 11.5 Å². The summed E-state index contributed by atoms with van der Waals surface area (Å²) in [4.78, 5) is 70.7. The van der Waals surface area contributed by atoms with Crippen molar-refractivity contribution in [1.29, 1.82) is 0 Å². The predicted octanol–water partition coefficient (Wildman–Crippen LogP) is 3.89. The second-order valence-corrected chi connectivity index (χ2v) is 17.5. The van der Waals surface area contributed by atoms with Crippen molar-refractivity contribution in [2.45, 2.75) is 111 Å². The van der Waals surface area contributed by atoms with Crippen molar-refractivity contribution in [1.82, 2.24) is 9.97 Å². The molecule has 0 aromatic carbocycles. The number of aliphatic hydroxyl groups excluding tert-OH is 1. The van der Waals surface area contributed by atoms with Crippen LogP contribution in [0.25, 0.3) is 22.6 Å². The van der Waals surface area contributed by atoms with Gasteiger partial charge in [-0.3, -0.25) is 24.4 Å². The molecule has 2 aliphatic heterocycles. The van der Waals surface area contributed by atoms with Crippen LogP contribution in [0.1, 0.15) is 105 Å². The Labute approximate surface area is 385 Å². The first kappa shape index (κ1) is 48.5. The van der Waals surface area contributed by atoms with Crippen molar-refractivity contribution < 1.29 is 78.3 Å². The van der Waals surface area contributed by atoms with Gasteiger partial charge in [0.2, 0.25) is 0 Å². The van der Waals surface area contributed by atoms with Crippen LogP contribution in [0.4, 0.5) is 0 Å². The fourth-order valence-corrected chi connectivity index (χ4v) is 9.44. The number of hydrogen-bond donors (Lipinski definition) is 1. The van der Waals surface area contributed by atoms with E-state index in [9.17, 15) is 29.1 Å². The van der Waals surface area contributed by atoms with Gasteiger partial charge in [-0.25, -0.2) is 9.59 Å². The van der Waals surface area contributed by atoms with Gasteiger partial charge in [-0.05, 0) is 87.5 Å². The molecule has 8 rings (SSSR count). The number of Topliss-reactive ketones (excluding diaryl/α,β-unsaturated/α-hetero) is 1. The van der Waals surface area contributed by atoms with Crippen LogP contribution >= 0.6 is 0 Å². The smallest absolute Gasteiger partial charge is 1.00 e. The van der Waals surface area contributed by atoms with Crippen molar-refractivity contribution in [3.63, 3.8) is 0 Å². The van der Waals surface area contributed by atoms with Crippen molar-refractivity contribution in [3.05, 3.63) is 93.2 Å². The van der Waals surface area contributed by atoms with E-state index in [0.29, 0.717) is 54.4 Å². The molecule has 14 nitrogen and oxygen atoms in total. The molecule has 0 bridgehead atoms. The number of aliphatic hydroxyl groups is 1. The first-order valence-electron chi connectivity index (χ1n) is 20.5. The summed E-state index contributed by atoms with van der Waals surface area (Å²) in [5.74, 6) is -0.0909. The van der Waals surface area contributed by atoms with Crippen LogP contribution in [-0.4, -0.2) is 64.6 Å². The van der Waals surface area contributed by atoms with Crippen molar-refractivity contribution >= 4 is 26.1 Å². The largest absolute Gasteiger partial charge is 1.00 e. The third-order valence-corrected chi connectivity index (χ3v) is 13.0. The van der Waals surface area contributed by atoms with Gasteiger partial charge in [0.1, 0.15) is 52.0 Å². The molecule has 3 radical (unpaired) electrons. The van der Waals surface area contributed by atoms with Gasteiger partial charge in [-0.15, -0.1) is 0 Å². The number of esters is 2. The van der Waals surface area contributed by atoms with Gasteiger partial charge in [-0.1, -0.05) is 27.7 Å². The maximum absolute atomic E-state index is 13.4. The molecule has 2 saturated carbocycles. The number of rotatable bonds is 6. The molecule has 323 valence electrons. The van der Waals surface area contributed by atoms with E-state index in [1.165, 1.54) is 13.8 Å². The van der Waals surface area contributed by atoms with Gasteiger partial charge in [0.25, 0.3) is 0 Å². The van der Waals surface area contributed by atoms with Crippen molar-refractivity contribution in [2.24, 2.45) is 35.5 Å². The van der Waals surface area contributed by atoms with Gasteiger partial charge >= 0.3 is 52.7 Å². The van der Waals surface area contributed by atoms with E-state index in [1.807, 2.05) is 6.92 Å². The Morgan fingerprint density at radius 2 is 1.24 bits per heavy atom. The standard InChI is InChI=1S/C23H27NO6.C23H25NO6.B.Na.H/c2*1-12(2)15-8-16-21(26)20-18(30-23(16,4)19(9-15)28-13(3)25)10-17(29-22(20)27)14-6-5-7-24-11-14;;;/h5-7,10-12,15-16,19,21,26H,8-9H2,1-4H3;5-7,10-12,15-16,19H,8-9H2,1-4H3;;;/q;;;+1;-1/t15-,16-,19-,21?,23-;15-,16-,19-,23-;;;/m00.../s1. The molecule has 0 amide bonds. The average Bonchev–Trinajstić information content (AvgIpc) is 3.18. The van der Waals surface area contributed by atoms with Gasteiger partial charge < -0.3 is 34.3 Å². The monoisotopic (exact) mass is 859 g/mol. The minimum atomic E-state index is -1.07. The molecule has 6 heterocycles. The Hall–Kier alpha value is -4.57. The molecule has 9 atom stereocenters. The Kier molecular flexibility index (Phi) is 14.9. The second-order valence-electron chi connectivity index (χ2n) is 17.5. The van der Waals surface area contributed by atoms with E-state index in [1.54, 1.807) is 68.1 Å². The SMILES string of the molecule is CC(=O)O[C@H]1C[C@@H](C(C)C)C[C@H]2C(=O)c3c(cc(-c4cccnc4)oc3=O)O[C@]12C.CC(=O)O[C@H]1C[C@@H](C(C)C)C[C@H]2C(O)c3c(cc(-c4cccnc4)oc3=O)O[C@]12C.[B].[H-].[Na+]. The summed E-state index contributed by atoms with van der Waals surface area (Å²) >= 11 is 0. The molecule has 2 aliphatic carbocycles. The molecule has 0 saturated heterocycles. The Morgan fingerprint density at radius 3 is 1.74 bits per heavy atom. The zero-order valence-corrected chi connectivity index (χ0v) is 38.7. The minimum Gasteiger partial charge on any atom is -1.00 e. The van der Waals surface area contributed by atoms with Gasteiger partial charge in [0.15, 0.2) is 11.4 Å². The molecule has 0 spiro atoms. The van der Waals surface area contributed by atoms with Crippen LogP contribution in [0.3, 0.4) is 0 Å². The average molecular weight is 860 g/mol. The fourth-order valence-electron chi connectivity index (χ4n) is 9.44. The van der Waals surface area contributed by atoms with Crippen LogP contribution in [-0.2, 0) is 19.1 Å². The summed E-state index contributed by atoms with van der Waals surface area (Å²) in [6.07, 6.45) is 6.67. The number of carbonyl (C=O) groups excluding carboxylic acids is 3. The molecule has 4 aromatic heterocycles. The molecular formula is C46H53BN2NaO12. The maximum Gasteiger partial charge on any atom is 1.00 e. The number of hydrogen-bond acceptors (Lipinski definition) is 14. The zero-order chi connectivity index (χ0) is 43.3. The van der Waals surface area contributed by atoms with E-state index in [0.717, 1.165) is 0 Å². The molecule has 62 heavy (non-hydrogen) atoms. The molecular weight excluding hydrogens is 806 g/mol. The number of carbonyl (C=O) groups is 3. The van der Waals surface area contributed by atoms with Gasteiger partial charge in [0, 0.05) is 76.2 Å². The number of ether oxygens (including phenoxy) is 4. The molecule has 16 heteroatoms. The quantitative estimate of drug-likeness (QED) is 0.217. The van der Waals surface area contributed by atoms with E-state index < -0.39 is 64.5 Å². The summed E-state index contributed by atoms with van der Waals surface area (Å²) in [5.41, 5.74) is -2.09. The summed E-state index contributed by atoms with van der Waals surface area (Å²) < 4.78 is 34.9. The normalized spacial score (nSPS) is 28.0. The summed E-state index contributed by atoms with van der Waals surface area (Å²) in [6, 6.07) is 10.2. The predicted molar refractivity (Wildman–Crippen MR) is 224 cm³/mol. The van der Waals surface area contributed by atoms with Gasteiger partial charge in [0.05, 0.1) is 12.0 Å². The summed E-state index contributed by atoms with van der Waals surface area (Å²) in [5, 5.41) is 11.2. The van der Waals surface area contributed by atoms with E-state index in [2.05, 4.69) is 37.7 Å². The summed E-state index contributed by atoms with van der Waals surface area (Å²) in [7, 11) is 0. The Morgan fingerprint density at radius 1 is 0.758 bits per heavy atom. The molecule has 2 fully saturated rings.